The highest BCUT2D eigenvalue weighted by Gasteiger charge is 2.27. The number of unbranched alkanes of at least 4 members (excludes halogenated alkanes) is 1. The fourth-order valence-corrected chi connectivity index (χ4v) is 4.86. The molecule has 5 amide bonds. The Hall–Kier alpha value is -3.20. The molecular weight excluding hydrogens is 556 g/mol. The van der Waals surface area contributed by atoms with Gasteiger partial charge in [0.2, 0.25) is 29.5 Å². The Bertz CT molecular complexity index is 926. The number of nitrogens with one attached hydrogen (secondary N) is 5. The highest BCUT2D eigenvalue weighted by Crippen LogP contribution is 2.28. The van der Waals surface area contributed by atoms with Crippen molar-refractivity contribution in [2.24, 2.45) is 17.6 Å². The Labute approximate surface area is 244 Å². The van der Waals surface area contributed by atoms with Gasteiger partial charge in [0.15, 0.2) is 5.78 Å². The smallest absolute Gasteiger partial charge is 0.317 e. The molecule has 2 atom stereocenters. The molecule has 1 aliphatic carbocycles. The average molecular weight is 601 g/mol. The molecule has 232 valence electrons. The Morgan fingerprint density at radius 1 is 0.854 bits per heavy atom. The van der Waals surface area contributed by atoms with Gasteiger partial charge in [-0.25, -0.2) is 0 Å². The summed E-state index contributed by atoms with van der Waals surface area (Å²) in [5, 5.41) is 21.3. The number of ketones is 1. The van der Waals surface area contributed by atoms with E-state index in [-0.39, 0.29) is 55.5 Å². The van der Waals surface area contributed by atoms with Crippen molar-refractivity contribution < 1.29 is 38.7 Å². The molecule has 0 aromatic carbocycles. The van der Waals surface area contributed by atoms with Gasteiger partial charge in [-0.1, -0.05) is 0 Å². The van der Waals surface area contributed by atoms with Crippen LogP contribution in [0.2, 0.25) is 0 Å². The molecule has 0 aliphatic heterocycles. The maximum atomic E-state index is 12.6. The highest BCUT2D eigenvalue weighted by molar-refractivity contribution is 7.99. The summed E-state index contributed by atoms with van der Waals surface area (Å²) in [5.41, 5.74) is 5.13. The zero-order valence-corrected chi connectivity index (χ0v) is 24.6. The van der Waals surface area contributed by atoms with E-state index in [0.717, 1.165) is 24.6 Å². The molecule has 0 saturated heterocycles. The molecule has 0 bridgehead atoms. The van der Waals surface area contributed by atoms with Gasteiger partial charge in [-0.2, -0.15) is 0 Å². The van der Waals surface area contributed by atoms with Gasteiger partial charge >= 0.3 is 5.97 Å². The van der Waals surface area contributed by atoms with E-state index in [9.17, 15) is 33.6 Å². The minimum absolute atomic E-state index is 0.0217. The van der Waals surface area contributed by atoms with E-state index in [4.69, 9.17) is 10.8 Å². The van der Waals surface area contributed by atoms with Crippen molar-refractivity contribution in [1.29, 1.82) is 0 Å². The van der Waals surface area contributed by atoms with E-state index in [2.05, 4.69) is 26.6 Å². The number of thioether (sulfide) groups is 1. The van der Waals surface area contributed by atoms with Crippen molar-refractivity contribution in [2.45, 2.75) is 69.6 Å². The first kappa shape index (κ1) is 35.8. The summed E-state index contributed by atoms with van der Waals surface area (Å²) in [6.07, 6.45) is 6.21. The second kappa shape index (κ2) is 19.8. The number of nitrogens with two attached hydrogens (primary N) is 1. The zero-order chi connectivity index (χ0) is 30.8. The van der Waals surface area contributed by atoms with E-state index in [1.807, 2.05) is 0 Å². The van der Waals surface area contributed by atoms with Gasteiger partial charge < -0.3 is 37.4 Å². The molecule has 1 fully saturated rings. The van der Waals surface area contributed by atoms with Gasteiger partial charge in [-0.15, -0.1) is 11.8 Å². The van der Waals surface area contributed by atoms with Crippen LogP contribution < -0.4 is 32.3 Å². The fourth-order valence-electron chi connectivity index (χ4n) is 4.34. The van der Waals surface area contributed by atoms with Crippen molar-refractivity contribution in [3.8, 4) is 0 Å². The molecule has 1 aliphatic rings. The largest absolute Gasteiger partial charge is 0.480 e. The lowest BCUT2D eigenvalue weighted by Gasteiger charge is -2.28. The quantitative estimate of drug-likeness (QED) is 0.0864. The van der Waals surface area contributed by atoms with Gasteiger partial charge in [-0.3, -0.25) is 33.6 Å². The lowest BCUT2D eigenvalue weighted by atomic mass is 9.81. The number of hydrogen-bond donors (Lipinski definition) is 7. The molecular formula is C26H44N6O8S. The molecule has 8 N–H and O–H groups in total. The van der Waals surface area contributed by atoms with E-state index in [0.29, 0.717) is 45.2 Å². The minimum Gasteiger partial charge on any atom is -0.480 e. The molecule has 1 rings (SSSR count). The zero-order valence-electron chi connectivity index (χ0n) is 23.8. The predicted octanol–water partition coefficient (Wildman–Crippen LogP) is -1.33. The SMILES string of the molecule is CS[C@H](CC(=O)NCC1CCC(C(=O)NCCCCC(NC(=O)CNC(=O)CNC(=O)CN)C(C)=O)CC1)C(=O)O. The third kappa shape index (κ3) is 15.4. The maximum absolute atomic E-state index is 12.6. The number of rotatable bonds is 19. The molecule has 41 heavy (non-hydrogen) atoms. The van der Waals surface area contributed by atoms with Crippen LogP contribution in [-0.4, -0.2) is 96.7 Å². The van der Waals surface area contributed by atoms with Gasteiger partial charge in [0, 0.05) is 25.4 Å². The van der Waals surface area contributed by atoms with E-state index in [1.165, 1.54) is 6.92 Å². The van der Waals surface area contributed by atoms with Crippen LogP contribution in [-0.2, 0) is 33.6 Å². The molecule has 1 unspecified atom stereocenters. The molecule has 15 heteroatoms. The van der Waals surface area contributed by atoms with Crippen LogP contribution >= 0.6 is 11.8 Å². The van der Waals surface area contributed by atoms with Crippen molar-refractivity contribution in [3.63, 3.8) is 0 Å². The van der Waals surface area contributed by atoms with Crippen molar-refractivity contribution >= 4 is 53.1 Å². The van der Waals surface area contributed by atoms with Crippen LogP contribution in [0, 0.1) is 11.8 Å². The Kier molecular flexibility index (Phi) is 17.3. The lowest BCUT2D eigenvalue weighted by Crippen LogP contribution is -2.47. The summed E-state index contributed by atoms with van der Waals surface area (Å²) >= 11 is 1.13. The summed E-state index contributed by atoms with van der Waals surface area (Å²) in [6, 6.07) is -0.710. The van der Waals surface area contributed by atoms with Gasteiger partial charge in [0.1, 0.15) is 5.25 Å². The number of carboxylic acids is 1. The highest BCUT2D eigenvalue weighted by atomic mass is 32.2. The van der Waals surface area contributed by atoms with E-state index >= 15 is 0 Å². The van der Waals surface area contributed by atoms with Crippen molar-refractivity contribution in [2.75, 3.05) is 39.0 Å². The van der Waals surface area contributed by atoms with Crippen LogP contribution in [0.4, 0.5) is 0 Å². The Morgan fingerprint density at radius 2 is 1.49 bits per heavy atom. The van der Waals surface area contributed by atoms with E-state index < -0.39 is 35.0 Å². The fraction of sp³-hybridized carbons (Fsp3) is 0.731. The maximum Gasteiger partial charge on any atom is 0.317 e. The molecule has 1 saturated carbocycles. The predicted molar refractivity (Wildman–Crippen MR) is 153 cm³/mol. The molecule has 0 aromatic rings. The Balaban J connectivity index is 2.23. The monoisotopic (exact) mass is 600 g/mol. The summed E-state index contributed by atoms with van der Waals surface area (Å²) in [4.78, 5) is 82.4. The first-order valence-corrected chi connectivity index (χ1v) is 15.1. The van der Waals surface area contributed by atoms with Crippen LogP contribution in [0.15, 0.2) is 0 Å². The average Bonchev–Trinajstić information content (AvgIpc) is 2.95. The van der Waals surface area contributed by atoms with Crippen LogP contribution in [0.5, 0.6) is 0 Å². The van der Waals surface area contributed by atoms with E-state index in [1.54, 1.807) is 6.26 Å². The third-order valence-electron chi connectivity index (χ3n) is 6.86. The molecule has 0 aromatic heterocycles. The Morgan fingerprint density at radius 3 is 2.07 bits per heavy atom. The van der Waals surface area contributed by atoms with Crippen molar-refractivity contribution in [1.82, 2.24) is 26.6 Å². The van der Waals surface area contributed by atoms with Crippen LogP contribution in [0.1, 0.15) is 58.3 Å². The number of aliphatic carboxylic acids is 1. The standard InChI is InChI=1S/C26H44N6O8S/c1-16(33)19(32-24(37)15-31-23(36)14-30-22(35)12-27)5-3-4-10-28-25(38)18-8-6-17(7-9-18)13-29-21(34)11-20(41-2)26(39)40/h17-20H,3-15,27H2,1-2H3,(H,28,38)(H,29,34)(H,30,35)(H,31,36)(H,32,37)(H,39,40)/t17?,18?,19?,20-/m1/s1. The summed E-state index contributed by atoms with van der Waals surface area (Å²) < 4.78 is 0. The summed E-state index contributed by atoms with van der Waals surface area (Å²) in [6.45, 7) is 1.39. The van der Waals surface area contributed by atoms with Crippen LogP contribution in [0.3, 0.4) is 0 Å². The number of hydrogen-bond acceptors (Lipinski definition) is 9. The first-order chi connectivity index (χ1) is 19.5. The van der Waals surface area contributed by atoms with Gasteiger partial charge in [0.05, 0.1) is 25.7 Å². The number of carboxylic acid groups (broad SMARTS) is 1. The molecule has 0 radical (unpaired) electrons. The third-order valence-corrected chi connectivity index (χ3v) is 7.80. The topological polar surface area (TPSA) is 226 Å². The van der Waals surface area contributed by atoms with Gasteiger partial charge in [-0.05, 0) is 64.0 Å². The number of Topliss-reactive ketones (excluding diaryl/α,β-unsaturated/α-hetero) is 1. The normalized spacial score (nSPS) is 17.8. The minimum atomic E-state index is -1.00. The number of amides is 5. The molecule has 0 spiro atoms. The number of carbonyl (C=O) groups is 7. The van der Waals surface area contributed by atoms with Crippen LogP contribution in [0.25, 0.3) is 0 Å². The molecule has 14 nitrogen and oxygen atoms in total. The summed E-state index contributed by atoms with van der Waals surface area (Å²) in [5.74, 6) is -2.96. The summed E-state index contributed by atoms with van der Waals surface area (Å²) in [7, 11) is 0. The lowest BCUT2D eigenvalue weighted by molar-refractivity contribution is -0.138. The van der Waals surface area contributed by atoms with Gasteiger partial charge in [0.25, 0.3) is 0 Å². The number of carbonyl (C=O) groups excluding carboxylic acids is 6. The second-order valence-electron chi connectivity index (χ2n) is 10.1. The van der Waals surface area contributed by atoms with Crippen molar-refractivity contribution in [3.05, 3.63) is 0 Å². The first-order valence-electron chi connectivity index (χ1n) is 13.8. The molecule has 0 heterocycles. The second-order valence-corrected chi connectivity index (χ2v) is 11.1.